The minimum Gasteiger partial charge on any atom is -0.375 e. The van der Waals surface area contributed by atoms with E-state index in [1.165, 1.54) is 0 Å². The highest BCUT2D eigenvalue weighted by molar-refractivity contribution is 14.0. The van der Waals surface area contributed by atoms with Gasteiger partial charge in [0.05, 0.1) is 6.10 Å². The molecule has 0 aromatic heterocycles. The van der Waals surface area contributed by atoms with Crippen LogP contribution in [0, 0.1) is 0 Å². The van der Waals surface area contributed by atoms with Gasteiger partial charge in [0.1, 0.15) is 6.54 Å². The molecular formula is C18H28ClIN4O2. The highest BCUT2D eigenvalue weighted by Crippen LogP contribution is 2.19. The molecule has 8 heteroatoms. The molecule has 1 amide bonds. The Morgan fingerprint density at radius 1 is 1.35 bits per heavy atom. The predicted octanol–water partition coefficient (Wildman–Crippen LogP) is 2.82. The van der Waals surface area contributed by atoms with Crippen molar-refractivity contribution < 1.29 is 9.53 Å². The predicted molar refractivity (Wildman–Crippen MR) is 116 cm³/mol. The SMILES string of the molecule is CCNC(=NCC(=O)N1CCCC1)NCC(OC)c1cccc(Cl)c1.I. The quantitative estimate of drug-likeness (QED) is 0.348. The molecule has 1 fully saturated rings. The summed E-state index contributed by atoms with van der Waals surface area (Å²) in [5.41, 5.74) is 0.992. The molecule has 0 bridgehead atoms. The second-order valence-corrected chi connectivity index (χ2v) is 6.38. The normalized spacial score (nSPS) is 15.3. The summed E-state index contributed by atoms with van der Waals surface area (Å²) < 4.78 is 5.55. The van der Waals surface area contributed by atoms with Crippen LogP contribution in [-0.4, -0.2) is 56.6 Å². The van der Waals surface area contributed by atoms with Crippen molar-refractivity contribution in [2.45, 2.75) is 25.9 Å². The van der Waals surface area contributed by atoms with E-state index in [2.05, 4.69) is 15.6 Å². The first-order chi connectivity index (χ1) is 12.1. The Kier molecular flexibility index (Phi) is 10.9. The number of likely N-dealkylation sites (tertiary alicyclic amines) is 1. The van der Waals surface area contributed by atoms with E-state index in [9.17, 15) is 4.79 Å². The summed E-state index contributed by atoms with van der Waals surface area (Å²) in [6.45, 7) is 5.09. The number of aliphatic imine (C=N–C) groups is 1. The molecule has 1 aliphatic rings. The highest BCUT2D eigenvalue weighted by Gasteiger charge is 2.17. The average Bonchev–Trinajstić information content (AvgIpc) is 3.14. The summed E-state index contributed by atoms with van der Waals surface area (Å²) in [5.74, 6) is 0.687. The lowest BCUT2D eigenvalue weighted by Crippen LogP contribution is -2.40. The number of benzene rings is 1. The molecule has 2 rings (SSSR count). The molecule has 1 atom stereocenters. The minimum atomic E-state index is -0.156. The Labute approximate surface area is 177 Å². The summed E-state index contributed by atoms with van der Waals surface area (Å²) >= 11 is 6.05. The van der Waals surface area contributed by atoms with Crippen molar-refractivity contribution in [3.8, 4) is 0 Å². The Bertz CT molecular complexity index is 594. The van der Waals surface area contributed by atoms with Gasteiger partial charge in [-0.15, -0.1) is 24.0 Å². The molecule has 1 saturated heterocycles. The van der Waals surface area contributed by atoms with Gasteiger partial charge >= 0.3 is 0 Å². The number of carbonyl (C=O) groups is 1. The molecule has 0 spiro atoms. The summed E-state index contributed by atoms with van der Waals surface area (Å²) in [5, 5.41) is 7.07. The standard InChI is InChI=1S/C18H27ClN4O2.HI/c1-3-20-18(22-13-17(24)23-9-4-5-10-23)21-12-16(25-2)14-7-6-8-15(19)11-14;/h6-8,11,16H,3-5,9-10,12-13H2,1-2H3,(H2,20,21,22);1H. The van der Waals surface area contributed by atoms with Crippen molar-refractivity contribution in [3.05, 3.63) is 34.9 Å². The van der Waals surface area contributed by atoms with E-state index < -0.39 is 0 Å². The Morgan fingerprint density at radius 3 is 2.69 bits per heavy atom. The van der Waals surface area contributed by atoms with Crippen LogP contribution in [0.4, 0.5) is 0 Å². The van der Waals surface area contributed by atoms with Crippen LogP contribution in [0.5, 0.6) is 0 Å². The Hall–Kier alpha value is -1.06. The summed E-state index contributed by atoms with van der Waals surface area (Å²) in [7, 11) is 1.66. The molecule has 0 radical (unpaired) electrons. The Balaban J connectivity index is 0.00000338. The van der Waals surface area contributed by atoms with Crippen molar-refractivity contribution in [2.24, 2.45) is 4.99 Å². The minimum absolute atomic E-state index is 0. The molecule has 1 aromatic rings. The first-order valence-corrected chi connectivity index (χ1v) is 9.10. The monoisotopic (exact) mass is 494 g/mol. The summed E-state index contributed by atoms with van der Waals surface area (Å²) in [6, 6.07) is 7.60. The van der Waals surface area contributed by atoms with Crippen molar-refractivity contribution in [3.63, 3.8) is 0 Å². The van der Waals surface area contributed by atoms with Gasteiger partial charge in [0.15, 0.2) is 5.96 Å². The lowest BCUT2D eigenvalue weighted by Gasteiger charge is -2.19. The van der Waals surface area contributed by atoms with Gasteiger partial charge in [-0.3, -0.25) is 4.79 Å². The fourth-order valence-corrected chi connectivity index (χ4v) is 2.99. The number of nitrogens with zero attached hydrogens (tertiary/aromatic N) is 2. The molecule has 1 aliphatic heterocycles. The number of rotatable bonds is 7. The number of ether oxygens (including phenoxy) is 1. The van der Waals surface area contributed by atoms with Gasteiger partial charge in [0.2, 0.25) is 5.91 Å². The topological polar surface area (TPSA) is 66.0 Å². The zero-order valence-corrected chi connectivity index (χ0v) is 18.4. The van der Waals surface area contributed by atoms with Crippen LogP contribution in [0.2, 0.25) is 5.02 Å². The number of guanidine groups is 1. The van der Waals surface area contributed by atoms with Crippen molar-refractivity contribution in [2.75, 3.05) is 39.8 Å². The largest absolute Gasteiger partial charge is 0.375 e. The van der Waals surface area contributed by atoms with Crippen molar-refractivity contribution in [1.82, 2.24) is 15.5 Å². The van der Waals surface area contributed by atoms with Crippen LogP contribution in [0.1, 0.15) is 31.4 Å². The lowest BCUT2D eigenvalue weighted by molar-refractivity contribution is -0.128. The highest BCUT2D eigenvalue weighted by atomic mass is 127. The number of methoxy groups -OCH3 is 1. The van der Waals surface area contributed by atoms with Gasteiger partial charge in [-0.2, -0.15) is 0 Å². The molecule has 0 aliphatic carbocycles. The smallest absolute Gasteiger partial charge is 0.244 e. The number of amides is 1. The number of hydrogen-bond acceptors (Lipinski definition) is 3. The zero-order chi connectivity index (χ0) is 18.1. The second-order valence-electron chi connectivity index (χ2n) is 5.94. The van der Waals surface area contributed by atoms with Crippen LogP contribution in [0.3, 0.4) is 0 Å². The van der Waals surface area contributed by atoms with E-state index in [-0.39, 0.29) is 42.5 Å². The van der Waals surface area contributed by atoms with Crippen molar-refractivity contribution in [1.29, 1.82) is 0 Å². The zero-order valence-electron chi connectivity index (χ0n) is 15.3. The second kappa shape index (κ2) is 12.3. The van der Waals surface area contributed by atoms with Gasteiger partial charge in [-0.05, 0) is 37.5 Å². The fraction of sp³-hybridized carbons (Fsp3) is 0.556. The van der Waals surface area contributed by atoms with Gasteiger partial charge in [0.25, 0.3) is 0 Å². The molecule has 1 unspecified atom stereocenters. The van der Waals surface area contributed by atoms with Gasteiger partial charge in [-0.1, -0.05) is 23.7 Å². The number of carbonyl (C=O) groups excluding carboxylic acids is 1. The third kappa shape index (κ3) is 7.28. The van der Waals surface area contributed by atoms with E-state index in [1.54, 1.807) is 7.11 Å². The van der Waals surface area contributed by atoms with Crippen LogP contribution in [-0.2, 0) is 9.53 Å². The van der Waals surface area contributed by atoms with Crippen molar-refractivity contribution >= 4 is 47.4 Å². The molecule has 2 N–H and O–H groups in total. The van der Waals surface area contributed by atoms with E-state index in [0.717, 1.165) is 38.0 Å². The summed E-state index contributed by atoms with van der Waals surface area (Å²) in [6.07, 6.45) is 2.02. The van der Waals surface area contributed by atoms with E-state index in [0.29, 0.717) is 17.5 Å². The lowest BCUT2D eigenvalue weighted by atomic mass is 10.1. The van der Waals surface area contributed by atoms with Crippen LogP contribution in [0.25, 0.3) is 0 Å². The molecule has 26 heavy (non-hydrogen) atoms. The third-order valence-corrected chi connectivity index (χ3v) is 4.37. The summed E-state index contributed by atoms with van der Waals surface area (Å²) in [4.78, 5) is 18.4. The van der Waals surface area contributed by atoms with Crippen LogP contribution < -0.4 is 10.6 Å². The molecule has 1 heterocycles. The first kappa shape index (κ1) is 23.0. The first-order valence-electron chi connectivity index (χ1n) is 8.72. The van der Waals surface area contributed by atoms with E-state index in [1.807, 2.05) is 36.1 Å². The fourth-order valence-electron chi connectivity index (χ4n) is 2.79. The van der Waals surface area contributed by atoms with Gasteiger partial charge in [0, 0.05) is 38.3 Å². The number of nitrogens with one attached hydrogen (secondary N) is 2. The Morgan fingerprint density at radius 2 is 2.08 bits per heavy atom. The molecule has 146 valence electrons. The maximum Gasteiger partial charge on any atom is 0.244 e. The van der Waals surface area contributed by atoms with E-state index in [4.69, 9.17) is 16.3 Å². The van der Waals surface area contributed by atoms with Gasteiger partial charge < -0.3 is 20.3 Å². The number of hydrogen-bond donors (Lipinski definition) is 2. The maximum atomic E-state index is 12.1. The molecule has 1 aromatic carbocycles. The molecule has 0 saturated carbocycles. The van der Waals surface area contributed by atoms with Gasteiger partial charge in [-0.25, -0.2) is 4.99 Å². The average molecular weight is 495 g/mol. The van der Waals surface area contributed by atoms with Crippen LogP contribution in [0.15, 0.2) is 29.3 Å². The third-order valence-electron chi connectivity index (χ3n) is 4.14. The maximum absolute atomic E-state index is 12.1. The number of halogens is 2. The van der Waals surface area contributed by atoms with E-state index >= 15 is 0 Å². The van der Waals surface area contributed by atoms with Crippen LogP contribution >= 0.6 is 35.6 Å². The molecular weight excluding hydrogens is 467 g/mol. The molecule has 6 nitrogen and oxygen atoms in total.